The summed E-state index contributed by atoms with van der Waals surface area (Å²) in [5.74, 6) is -1.66. The van der Waals surface area contributed by atoms with Crippen LogP contribution in [0.25, 0.3) is 16.9 Å². The summed E-state index contributed by atoms with van der Waals surface area (Å²) >= 11 is 0. The van der Waals surface area contributed by atoms with Gasteiger partial charge in [-0.25, -0.2) is 10.1 Å². The number of aromatic nitrogens is 2. The topological polar surface area (TPSA) is 127 Å². The molecule has 44 heavy (non-hydrogen) atoms. The van der Waals surface area contributed by atoms with Crippen molar-refractivity contribution in [3.63, 3.8) is 0 Å². The average Bonchev–Trinajstić information content (AvgIpc) is 3.49. The summed E-state index contributed by atoms with van der Waals surface area (Å²) < 4.78 is 7.41. The lowest BCUT2D eigenvalue weighted by molar-refractivity contribution is -0.136. The molecule has 1 aromatic heterocycles. The van der Waals surface area contributed by atoms with Gasteiger partial charge in [-0.05, 0) is 67.1 Å². The van der Waals surface area contributed by atoms with Crippen molar-refractivity contribution >= 4 is 35.3 Å². The number of hydrogen-bond donors (Lipinski definition) is 3. The number of amides is 3. The van der Waals surface area contributed by atoms with Gasteiger partial charge in [-0.15, -0.1) is 0 Å². The molecule has 0 saturated heterocycles. The average molecular weight is 587 g/mol. The van der Waals surface area contributed by atoms with Gasteiger partial charge in [-0.3, -0.25) is 14.4 Å². The molecule has 0 aliphatic carbocycles. The van der Waals surface area contributed by atoms with Crippen LogP contribution in [-0.4, -0.2) is 40.3 Å². The number of anilines is 2. The summed E-state index contributed by atoms with van der Waals surface area (Å²) in [6.07, 6.45) is 4.11. The first-order valence-corrected chi connectivity index (χ1v) is 14.0. The van der Waals surface area contributed by atoms with E-state index in [1.165, 1.54) is 12.3 Å². The Bertz CT molecular complexity index is 1770. The van der Waals surface area contributed by atoms with Crippen LogP contribution in [0.5, 0.6) is 5.75 Å². The smallest absolute Gasteiger partial charge is 0.329 e. The number of para-hydroxylation sites is 3. The maximum absolute atomic E-state index is 12.8. The van der Waals surface area contributed by atoms with E-state index in [1.54, 1.807) is 53.3 Å². The quantitative estimate of drug-likeness (QED) is 0.110. The predicted molar refractivity (Wildman–Crippen MR) is 170 cm³/mol. The number of carbonyl (C=O) groups is 3. The molecule has 0 fully saturated rings. The summed E-state index contributed by atoms with van der Waals surface area (Å²) in [4.78, 5) is 38.2. The zero-order valence-corrected chi connectivity index (χ0v) is 23.9. The van der Waals surface area contributed by atoms with Gasteiger partial charge in [0.2, 0.25) is 0 Å². The van der Waals surface area contributed by atoms with Gasteiger partial charge in [-0.2, -0.15) is 10.2 Å². The highest BCUT2D eigenvalue weighted by Crippen LogP contribution is 2.25. The Morgan fingerprint density at radius 2 is 1.50 bits per heavy atom. The van der Waals surface area contributed by atoms with E-state index in [9.17, 15) is 14.4 Å². The van der Waals surface area contributed by atoms with E-state index in [4.69, 9.17) is 9.84 Å². The molecular weight excluding hydrogens is 556 g/mol. The third-order valence-corrected chi connectivity index (χ3v) is 6.39. The Morgan fingerprint density at radius 3 is 2.23 bits per heavy atom. The van der Waals surface area contributed by atoms with E-state index in [0.717, 1.165) is 23.4 Å². The van der Waals surface area contributed by atoms with Gasteiger partial charge in [0.05, 0.1) is 29.8 Å². The van der Waals surface area contributed by atoms with Gasteiger partial charge in [0.25, 0.3) is 5.91 Å². The van der Waals surface area contributed by atoms with E-state index in [1.807, 2.05) is 67.6 Å². The number of benzene rings is 4. The Kier molecular flexibility index (Phi) is 9.53. The standard InChI is InChI=1S/C34H30N6O4/c1-2-21-44-28-19-17-24(18-20-28)31-25(23-40(39-31)27-13-7-4-8-14-27)22-35-38-34(43)33(42)37-30-16-10-9-15-29(30)32(41)36-26-11-5-3-6-12-26/h3-20,22-23H,2,21H2,1H3,(H,36,41)(H,37,42)(H,38,43)/b35-22-. The number of hydrogen-bond acceptors (Lipinski definition) is 6. The van der Waals surface area contributed by atoms with Crippen molar-refractivity contribution in [2.24, 2.45) is 5.10 Å². The van der Waals surface area contributed by atoms with Crippen LogP contribution < -0.4 is 20.8 Å². The molecule has 0 radical (unpaired) electrons. The van der Waals surface area contributed by atoms with Gasteiger partial charge in [-0.1, -0.05) is 55.5 Å². The summed E-state index contributed by atoms with van der Waals surface area (Å²) in [6, 6.07) is 32.4. The van der Waals surface area contributed by atoms with E-state index in [0.29, 0.717) is 23.6 Å². The minimum Gasteiger partial charge on any atom is -0.494 e. The predicted octanol–water partition coefficient (Wildman–Crippen LogP) is 5.67. The molecular formula is C34H30N6O4. The minimum atomic E-state index is -1.01. The number of ether oxygens (including phenoxy) is 1. The highest BCUT2D eigenvalue weighted by molar-refractivity contribution is 6.40. The molecule has 0 unspecified atom stereocenters. The van der Waals surface area contributed by atoms with Crippen LogP contribution in [0.4, 0.5) is 11.4 Å². The van der Waals surface area contributed by atoms with Crippen LogP contribution in [0.3, 0.4) is 0 Å². The largest absolute Gasteiger partial charge is 0.494 e. The fraction of sp³-hybridized carbons (Fsp3) is 0.0882. The molecule has 3 amide bonds. The second-order valence-corrected chi connectivity index (χ2v) is 9.60. The van der Waals surface area contributed by atoms with Crippen molar-refractivity contribution in [3.8, 4) is 22.7 Å². The minimum absolute atomic E-state index is 0.183. The van der Waals surface area contributed by atoms with Crippen molar-refractivity contribution in [1.29, 1.82) is 0 Å². The van der Waals surface area contributed by atoms with Gasteiger partial charge in [0, 0.05) is 23.0 Å². The molecule has 0 saturated carbocycles. The molecule has 1 heterocycles. The monoisotopic (exact) mass is 586 g/mol. The highest BCUT2D eigenvalue weighted by Gasteiger charge is 2.18. The summed E-state index contributed by atoms with van der Waals surface area (Å²) in [6.45, 7) is 2.67. The van der Waals surface area contributed by atoms with E-state index < -0.39 is 17.7 Å². The summed E-state index contributed by atoms with van der Waals surface area (Å²) in [5.41, 5.74) is 6.14. The van der Waals surface area contributed by atoms with Gasteiger partial charge < -0.3 is 15.4 Å². The number of rotatable bonds is 10. The molecule has 0 atom stereocenters. The Hall–Kier alpha value is -6.03. The first kappa shape index (κ1) is 29.5. The highest BCUT2D eigenvalue weighted by atomic mass is 16.5. The van der Waals surface area contributed by atoms with Gasteiger partial charge in [0.15, 0.2) is 0 Å². The molecule has 0 aliphatic rings. The fourth-order valence-electron chi connectivity index (χ4n) is 4.25. The van der Waals surface area contributed by atoms with Crippen LogP contribution in [0.15, 0.2) is 120 Å². The molecule has 10 nitrogen and oxygen atoms in total. The number of hydrazone groups is 1. The first-order chi connectivity index (χ1) is 21.5. The molecule has 5 rings (SSSR count). The number of carbonyl (C=O) groups excluding carboxylic acids is 3. The second-order valence-electron chi connectivity index (χ2n) is 9.60. The van der Waals surface area contributed by atoms with Gasteiger partial charge >= 0.3 is 11.8 Å². The Balaban J connectivity index is 1.29. The van der Waals surface area contributed by atoms with E-state index in [-0.39, 0.29) is 11.3 Å². The SMILES string of the molecule is CCCOc1ccc(-c2nn(-c3ccccc3)cc2/C=N\NC(=O)C(=O)Nc2ccccc2C(=O)Nc2ccccc2)cc1. The lowest BCUT2D eigenvalue weighted by Gasteiger charge is -2.11. The molecule has 5 aromatic rings. The lowest BCUT2D eigenvalue weighted by atomic mass is 10.1. The van der Waals surface area contributed by atoms with E-state index in [2.05, 4.69) is 21.2 Å². The summed E-state index contributed by atoms with van der Waals surface area (Å²) in [5, 5.41) is 14.0. The fourth-order valence-corrected chi connectivity index (χ4v) is 4.25. The maximum atomic E-state index is 12.8. The molecule has 220 valence electrons. The van der Waals surface area contributed by atoms with E-state index >= 15 is 0 Å². The Labute approximate surface area is 254 Å². The van der Waals surface area contributed by atoms with Crippen LogP contribution in [-0.2, 0) is 9.59 Å². The van der Waals surface area contributed by atoms with Crippen LogP contribution in [0.2, 0.25) is 0 Å². The normalized spacial score (nSPS) is 10.8. The molecule has 0 spiro atoms. The molecule has 4 aromatic carbocycles. The van der Waals surface area contributed by atoms with Crippen LogP contribution >= 0.6 is 0 Å². The molecule has 3 N–H and O–H groups in total. The van der Waals surface area contributed by atoms with Crippen LogP contribution in [0.1, 0.15) is 29.3 Å². The molecule has 10 heteroatoms. The zero-order chi connectivity index (χ0) is 30.7. The molecule has 0 aliphatic heterocycles. The van der Waals surface area contributed by atoms with Gasteiger partial charge in [0.1, 0.15) is 11.4 Å². The van der Waals surface area contributed by atoms with Crippen molar-refractivity contribution in [1.82, 2.24) is 15.2 Å². The second kappa shape index (κ2) is 14.2. The number of nitrogens with zero attached hydrogens (tertiary/aromatic N) is 3. The van der Waals surface area contributed by atoms with Crippen LogP contribution in [0, 0.1) is 0 Å². The maximum Gasteiger partial charge on any atom is 0.329 e. The molecule has 0 bridgehead atoms. The van der Waals surface area contributed by atoms with Crippen molar-refractivity contribution in [2.45, 2.75) is 13.3 Å². The third-order valence-electron chi connectivity index (χ3n) is 6.39. The first-order valence-electron chi connectivity index (χ1n) is 14.0. The summed E-state index contributed by atoms with van der Waals surface area (Å²) in [7, 11) is 0. The lowest BCUT2D eigenvalue weighted by Crippen LogP contribution is -2.33. The van der Waals surface area contributed by atoms with Crippen molar-refractivity contribution in [3.05, 3.63) is 127 Å². The number of nitrogens with one attached hydrogen (secondary N) is 3. The van der Waals surface area contributed by atoms with Crippen molar-refractivity contribution < 1.29 is 19.1 Å². The zero-order valence-electron chi connectivity index (χ0n) is 23.9. The third kappa shape index (κ3) is 7.42. The Morgan fingerprint density at radius 1 is 0.818 bits per heavy atom. The van der Waals surface area contributed by atoms with Crippen molar-refractivity contribution in [2.75, 3.05) is 17.2 Å².